The molecule has 0 aromatic heterocycles. The number of ether oxygens (including phenoxy) is 1. The fourth-order valence-electron chi connectivity index (χ4n) is 2.54. The van der Waals surface area contributed by atoms with Crippen LogP contribution in [-0.4, -0.2) is 43.0 Å². The van der Waals surface area contributed by atoms with E-state index in [1.165, 1.54) is 19.8 Å². The van der Waals surface area contributed by atoms with Crippen LogP contribution in [0.2, 0.25) is 0 Å². The topological polar surface area (TPSA) is 55.4 Å². The lowest BCUT2D eigenvalue weighted by atomic mass is 10.3. The van der Waals surface area contributed by atoms with E-state index in [0.717, 1.165) is 17.6 Å². The lowest BCUT2D eigenvalue weighted by Crippen LogP contribution is -2.46. The van der Waals surface area contributed by atoms with Gasteiger partial charge < -0.3 is 14.5 Å². The van der Waals surface area contributed by atoms with Gasteiger partial charge in [0.15, 0.2) is 6.54 Å². The molecule has 1 aliphatic rings. The van der Waals surface area contributed by atoms with Crippen molar-refractivity contribution in [2.75, 3.05) is 32.0 Å². The van der Waals surface area contributed by atoms with Gasteiger partial charge in [0.25, 0.3) is 0 Å². The number of esters is 1. The summed E-state index contributed by atoms with van der Waals surface area (Å²) in [4.78, 5) is 22.8. The van der Waals surface area contributed by atoms with Crippen molar-refractivity contribution < 1.29 is 18.8 Å². The van der Waals surface area contributed by atoms with Crippen LogP contribution in [0.5, 0.6) is 5.75 Å². The van der Waals surface area contributed by atoms with E-state index in [-0.39, 0.29) is 11.9 Å². The molecule has 1 heterocycles. The molecule has 108 valence electrons. The molecule has 1 N–H and O–H groups in total. The highest BCUT2D eigenvalue weighted by Gasteiger charge is 2.30. The van der Waals surface area contributed by atoms with Gasteiger partial charge in [-0.25, -0.2) is 4.79 Å². The number of benzene rings is 1. The zero-order valence-electron chi connectivity index (χ0n) is 12.0. The molecule has 0 bridgehead atoms. The number of hydrogen-bond donors (Lipinski definition) is 1. The van der Waals surface area contributed by atoms with E-state index >= 15 is 0 Å². The van der Waals surface area contributed by atoms with Gasteiger partial charge in [0.2, 0.25) is 5.91 Å². The maximum absolute atomic E-state index is 11.9. The molecule has 0 spiro atoms. The molecule has 0 atom stereocenters. The SMILES string of the molecule is CC(=O)Nc1ccc(OC(=O)C[N+]2(C)CCCC2)cc1. The van der Waals surface area contributed by atoms with E-state index in [0.29, 0.717) is 18.0 Å². The van der Waals surface area contributed by atoms with Crippen molar-refractivity contribution in [2.24, 2.45) is 0 Å². The van der Waals surface area contributed by atoms with Gasteiger partial charge in [-0.05, 0) is 24.3 Å². The van der Waals surface area contributed by atoms with Crippen LogP contribution in [-0.2, 0) is 9.59 Å². The maximum atomic E-state index is 11.9. The fourth-order valence-corrected chi connectivity index (χ4v) is 2.54. The van der Waals surface area contributed by atoms with Gasteiger partial charge in [0.05, 0.1) is 20.1 Å². The highest BCUT2D eigenvalue weighted by molar-refractivity contribution is 5.88. The molecule has 1 fully saturated rings. The summed E-state index contributed by atoms with van der Waals surface area (Å²) in [6.45, 7) is 3.94. The average Bonchev–Trinajstić information content (AvgIpc) is 2.77. The van der Waals surface area contributed by atoms with Crippen molar-refractivity contribution in [1.82, 2.24) is 0 Å². The molecule has 1 aliphatic heterocycles. The molecule has 1 aromatic rings. The van der Waals surface area contributed by atoms with Gasteiger partial charge >= 0.3 is 5.97 Å². The van der Waals surface area contributed by atoms with Gasteiger partial charge in [0, 0.05) is 25.5 Å². The standard InChI is InChI=1S/C15H20N2O3/c1-12(18)16-13-5-7-14(8-6-13)20-15(19)11-17(2)9-3-4-10-17/h5-8H,3-4,9-11H2,1-2H3/p+1. The summed E-state index contributed by atoms with van der Waals surface area (Å²) in [7, 11) is 2.09. The molecular formula is C15H21N2O3+. The van der Waals surface area contributed by atoms with Crippen LogP contribution >= 0.6 is 0 Å². The Morgan fingerprint density at radius 3 is 2.35 bits per heavy atom. The summed E-state index contributed by atoms with van der Waals surface area (Å²) in [5, 5.41) is 2.67. The lowest BCUT2D eigenvalue weighted by Gasteiger charge is -2.27. The summed E-state index contributed by atoms with van der Waals surface area (Å²) >= 11 is 0. The Morgan fingerprint density at radius 2 is 1.80 bits per heavy atom. The largest absolute Gasteiger partial charge is 0.422 e. The van der Waals surface area contributed by atoms with Gasteiger partial charge in [0.1, 0.15) is 5.75 Å². The Labute approximate surface area is 119 Å². The molecule has 1 amide bonds. The Hall–Kier alpha value is -1.88. The van der Waals surface area contributed by atoms with Gasteiger partial charge in [-0.15, -0.1) is 0 Å². The van der Waals surface area contributed by atoms with Gasteiger partial charge in [-0.3, -0.25) is 4.79 Å². The van der Waals surface area contributed by atoms with Crippen molar-refractivity contribution >= 4 is 17.6 Å². The monoisotopic (exact) mass is 277 g/mol. The normalized spacial score (nSPS) is 16.7. The van der Waals surface area contributed by atoms with Crippen molar-refractivity contribution in [3.05, 3.63) is 24.3 Å². The second-order valence-electron chi connectivity index (χ2n) is 5.61. The molecule has 1 aromatic carbocycles. The van der Waals surface area contributed by atoms with Crippen LogP contribution in [0.1, 0.15) is 19.8 Å². The Morgan fingerprint density at radius 1 is 1.20 bits per heavy atom. The number of nitrogens with zero attached hydrogens (tertiary/aromatic N) is 1. The number of carbonyl (C=O) groups is 2. The van der Waals surface area contributed by atoms with E-state index in [4.69, 9.17) is 4.74 Å². The number of nitrogens with one attached hydrogen (secondary N) is 1. The van der Waals surface area contributed by atoms with Crippen LogP contribution < -0.4 is 10.1 Å². The highest BCUT2D eigenvalue weighted by atomic mass is 16.5. The third-order valence-electron chi connectivity index (χ3n) is 3.56. The minimum absolute atomic E-state index is 0.124. The zero-order chi connectivity index (χ0) is 14.6. The van der Waals surface area contributed by atoms with Crippen molar-refractivity contribution in [2.45, 2.75) is 19.8 Å². The summed E-state index contributed by atoms with van der Waals surface area (Å²) in [5.41, 5.74) is 0.691. The predicted molar refractivity (Wildman–Crippen MR) is 76.4 cm³/mol. The summed E-state index contributed by atoms with van der Waals surface area (Å²) in [6.07, 6.45) is 2.35. The van der Waals surface area contributed by atoms with E-state index < -0.39 is 0 Å². The van der Waals surface area contributed by atoms with Crippen LogP contribution in [0.25, 0.3) is 0 Å². The molecule has 20 heavy (non-hydrogen) atoms. The second-order valence-corrected chi connectivity index (χ2v) is 5.61. The van der Waals surface area contributed by atoms with Crippen LogP contribution in [0.15, 0.2) is 24.3 Å². The first-order valence-electron chi connectivity index (χ1n) is 6.89. The number of likely N-dealkylation sites (tertiary alicyclic amines) is 1. The minimum Gasteiger partial charge on any atom is -0.422 e. The summed E-state index contributed by atoms with van der Waals surface area (Å²) in [6, 6.07) is 6.81. The van der Waals surface area contributed by atoms with Crippen LogP contribution in [0.3, 0.4) is 0 Å². The first-order chi connectivity index (χ1) is 9.47. The second kappa shape index (κ2) is 6.05. The first kappa shape index (κ1) is 14.5. The molecule has 5 heteroatoms. The number of rotatable bonds is 4. The Bertz CT molecular complexity index is 490. The molecule has 0 unspecified atom stereocenters. The minimum atomic E-state index is -0.207. The molecule has 1 saturated heterocycles. The van der Waals surface area contributed by atoms with Crippen molar-refractivity contribution in [1.29, 1.82) is 0 Å². The van der Waals surface area contributed by atoms with Gasteiger partial charge in [-0.1, -0.05) is 0 Å². The highest BCUT2D eigenvalue weighted by Crippen LogP contribution is 2.18. The van der Waals surface area contributed by atoms with Crippen LogP contribution in [0, 0.1) is 0 Å². The van der Waals surface area contributed by atoms with E-state index in [9.17, 15) is 9.59 Å². The number of likely N-dealkylation sites (N-methyl/N-ethyl adjacent to an activating group) is 1. The quantitative estimate of drug-likeness (QED) is 0.518. The van der Waals surface area contributed by atoms with Crippen LogP contribution in [0.4, 0.5) is 5.69 Å². The number of amides is 1. The predicted octanol–water partition coefficient (Wildman–Crippen LogP) is 1.79. The lowest BCUT2D eigenvalue weighted by molar-refractivity contribution is -0.890. The molecule has 0 aliphatic carbocycles. The van der Waals surface area contributed by atoms with Crippen molar-refractivity contribution in [3.8, 4) is 5.75 Å². The fraction of sp³-hybridized carbons (Fsp3) is 0.467. The molecule has 0 radical (unpaired) electrons. The molecule has 2 rings (SSSR count). The number of quaternary nitrogens is 1. The zero-order valence-corrected chi connectivity index (χ0v) is 12.0. The number of carbonyl (C=O) groups excluding carboxylic acids is 2. The molecule has 5 nitrogen and oxygen atoms in total. The molecule has 0 saturated carbocycles. The third kappa shape index (κ3) is 4.06. The summed E-state index contributed by atoms with van der Waals surface area (Å²) < 4.78 is 6.10. The van der Waals surface area contributed by atoms with E-state index in [2.05, 4.69) is 12.4 Å². The third-order valence-corrected chi connectivity index (χ3v) is 3.56. The number of anilines is 1. The maximum Gasteiger partial charge on any atom is 0.367 e. The average molecular weight is 277 g/mol. The van der Waals surface area contributed by atoms with Gasteiger partial charge in [-0.2, -0.15) is 0 Å². The number of hydrogen-bond acceptors (Lipinski definition) is 3. The smallest absolute Gasteiger partial charge is 0.367 e. The van der Waals surface area contributed by atoms with E-state index in [1.807, 2.05) is 0 Å². The van der Waals surface area contributed by atoms with E-state index in [1.54, 1.807) is 24.3 Å². The Kier molecular flexibility index (Phi) is 4.39. The Balaban J connectivity index is 1.89. The summed E-state index contributed by atoms with van der Waals surface area (Å²) in [5.74, 6) is 0.178. The first-order valence-corrected chi connectivity index (χ1v) is 6.89. The van der Waals surface area contributed by atoms with Crippen molar-refractivity contribution in [3.63, 3.8) is 0 Å². The molecular weight excluding hydrogens is 256 g/mol.